The van der Waals surface area contributed by atoms with Crippen LogP contribution >= 0.6 is 0 Å². The summed E-state index contributed by atoms with van der Waals surface area (Å²) >= 11 is 0. The van der Waals surface area contributed by atoms with Gasteiger partial charge in [-0.25, -0.2) is 4.68 Å². The minimum Gasteiger partial charge on any atom is -0.308 e. The van der Waals surface area contributed by atoms with E-state index >= 15 is 0 Å². The zero-order chi connectivity index (χ0) is 13.4. The van der Waals surface area contributed by atoms with Gasteiger partial charge >= 0.3 is 0 Å². The Morgan fingerprint density at radius 1 is 1.17 bits per heavy atom. The summed E-state index contributed by atoms with van der Waals surface area (Å²) in [7, 11) is 0. The molecule has 0 aliphatic heterocycles. The third-order valence-electron chi connectivity index (χ3n) is 3.12. The molecular weight excluding hydrogens is 226 g/mol. The van der Waals surface area contributed by atoms with Gasteiger partial charge < -0.3 is 5.32 Å². The highest BCUT2D eigenvalue weighted by Gasteiger charge is 2.12. The predicted octanol–water partition coefficient (Wildman–Crippen LogP) is 2.70. The smallest absolute Gasteiger partial charge is 0.165 e. The Hall–Kier alpha value is -0.970. The van der Waals surface area contributed by atoms with Crippen LogP contribution in [0.3, 0.4) is 0 Å². The first kappa shape index (κ1) is 15.1. The molecule has 0 spiro atoms. The Labute approximate surface area is 110 Å². The first-order valence-corrected chi connectivity index (χ1v) is 7.15. The van der Waals surface area contributed by atoms with Crippen molar-refractivity contribution in [3.8, 4) is 0 Å². The van der Waals surface area contributed by atoms with Crippen LogP contribution in [0.25, 0.3) is 0 Å². The second kappa shape index (κ2) is 8.19. The second-order valence-electron chi connectivity index (χ2n) is 5.27. The SMILES string of the molecule is CCCCCCC(C)n1nnnc1CNC(C)C. The molecule has 1 aromatic heterocycles. The maximum Gasteiger partial charge on any atom is 0.165 e. The van der Waals surface area contributed by atoms with Crippen molar-refractivity contribution in [2.45, 2.75) is 78.4 Å². The van der Waals surface area contributed by atoms with E-state index in [0.29, 0.717) is 12.1 Å². The molecule has 0 aromatic carbocycles. The van der Waals surface area contributed by atoms with Crippen LogP contribution < -0.4 is 5.32 Å². The van der Waals surface area contributed by atoms with E-state index in [1.165, 1.54) is 25.7 Å². The molecule has 0 aliphatic carbocycles. The highest BCUT2D eigenvalue weighted by Crippen LogP contribution is 2.15. The van der Waals surface area contributed by atoms with E-state index in [9.17, 15) is 0 Å². The van der Waals surface area contributed by atoms with Crippen LogP contribution in [-0.4, -0.2) is 26.2 Å². The molecule has 0 saturated carbocycles. The van der Waals surface area contributed by atoms with Crippen LogP contribution in [0.2, 0.25) is 0 Å². The van der Waals surface area contributed by atoms with Crippen LogP contribution in [0.5, 0.6) is 0 Å². The van der Waals surface area contributed by atoms with Gasteiger partial charge in [-0.3, -0.25) is 0 Å². The van der Waals surface area contributed by atoms with Crippen molar-refractivity contribution >= 4 is 0 Å². The Kier molecular flexibility index (Phi) is 6.86. The lowest BCUT2D eigenvalue weighted by Crippen LogP contribution is -2.25. The molecule has 1 N–H and O–H groups in total. The zero-order valence-electron chi connectivity index (χ0n) is 12.2. The molecule has 0 saturated heterocycles. The average molecular weight is 253 g/mol. The molecule has 0 radical (unpaired) electrons. The van der Waals surface area contributed by atoms with Gasteiger partial charge in [-0.05, 0) is 23.8 Å². The molecule has 5 heteroatoms. The van der Waals surface area contributed by atoms with Crippen molar-refractivity contribution in [1.82, 2.24) is 25.5 Å². The van der Waals surface area contributed by atoms with Gasteiger partial charge in [0, 0.05) is 6.04 Å². The number of tetrazole rings is 1. The largest absolute Gasteiger partial charge is 0.308 e. The standard InChI is InChI=1S/C13H27N5/c1-5-6-7-8-9-12(4)18-13(15-16-17-18)10-14-11(2)3/h11-12,14H,5-10H2,1-4H3. The van der Waals surface area contributed by atoms with Crippen molar-refractivity contribution in [2.75, 3.05) is 0 Å². The normalized spacial score (nSPS) is 13.2. The Balaban J connectivity index is 2.41. The fraction of sp³-hybridized carbons (Fsp3) is 0.923. The third-order valence-corrected chi connectivity index (χ3v) is 3.12. The molecule has 5 nitrogen and oxygen atoms in total. The maximum absolute atomic E-state index is 4.11. The van der Waals surface area contributed by atoms with Gasteiger partial charge in [0.25, 0.3) is 0 Å². The maximum atomic E-state index is 4.11. The lowest BCUT2D eigenvalue weighted by atomic mass is 10.1. The highest BCUT2D eigenvalue weighted by atomic mass is 15.6. The van der Waals surface area contributed by atoms with Gasteiger partial charge in [-0.15, -0.1) is 5.10 Å². The Morgan fingerprint density at radius 2 is 1.94 bits per heavy atom. The fourth-order valence-electron chi connectivity index (χ4n) is 1.96. The Morgan fingerprint density at radius 3 is 2.61 bits per heavy atom. The first-order valence-electron chi connectivity index (χ1n) is 7.15. The molecule has 1 unspecified atom stereocenters. The molecule has 0 fully saturated rings. The summed E-state index contributed by atoms with van der Waals surface area (Å²) in [6, 6.07) is 0.843. The van der Waals surface area contributed by atoms with Gasteiger partial charge in [0.05, 0.1) is 12.6 Å². The zero-order valence-corrected chi connectivity index (χ0v) is 12.2. The Bertz CT molecular complexity index is 321. The number of aromatic nitrogens is 4. The monoisotopic (exact) mass is 253 g/mol. The number of rotatable bonds is 9. The summed E-state index contributed by atoms with van der Waals surface area (Å²) in [4.78, 5) is 0. The van der Waals surface area contributed by atoms with Crippen molar-refractivity contribution in [3.05, 3.63) is 5.82 Å². The summed E-state index contributed by atoms with van der Waals surface area (Å²) in [5.41, 5.74) is 0. The predicted molar refractivity (Wildman–Crippen MR) is 73.3 cm³/mol. The summed E-state index contributed by atoms with van der Waals surface area (Å²) in [5.74, 6) is 0.937. The molecule has 1 aromatic rings. The average Bonchev–Trinajstić information content (AvgIpc) is 2.80. The molecule has 1 atom stereocenters. The van der Waals surface area contributed by atoms with Gasteiger partial charge in [-0.2, -0.15) is 0 Å². The van der Waals surface area contributed by atoms with Gasteiger partial charge in [0.2, 0.25) is 0 Å². The molecular formula is C13H27N5. The van der Waals surface area contributed by atoms with Gasteiger partial charge in [0.15, 0.2) is 5.82 Å². The van der Waals surface area contributed by atoms with Crippen molar-refractivity contribution < 1.29 is 0 Å². The summed E-state index contributed by atoms with van der Waals surface area (Å²) in [6.45, 7) is 9.43. The number of hydrogen-bond acceptors (Lipinski definition) is 4. The first-order chi connectivity index (χ1) is 8.65. The van der Waals surface area contributed by atoms with Crippen LogP contribution in [0.1, 0.15) is 71.7 Å². The van der Waals surface area contributed by atoms with E-state index in [1.54, 1.807) is 0 Å². The quantitative estimate of drug-likeness (QED) is 0.687. The number of nitrogens with one attached hydrogen (secondary N) is 1. The van der Waals surface area contributed by atoms with E-state index in [2.05, 4.69) is 48.5 Å². The highest BCUT2D eigenvalue weighted by molar-refractivity contribution is 4.83. The lowest BCUT2D eigenvalue weighted by Gasteiger charge is -2.14. The molecule has 18 heavy (non-hydrogen) atoms. The molecule has 0 aliphatic rings. The van der Waals surface area contributed by atoms with Crippen LogP contribution in [0.15, 0.2) is 0 Å². The van der Waals surface area contributed by atoms with Gasteiger partial charge in [-0.1, -0.05) is 46.5 Å². The lowest BCUT2D eigenvalue weighted by molar-refractivity contribution is 0.405. The van der Waals surface area contributed by atoms with E-state index < -0.39 is 0 Å². The number of unbranched alkanes of at least 4 members (excludes halogenated alkanes) is 3. The summed E-state index contributed by atoms with van der Waals surface area (Å²) in [6.07, 6.45) is 6.32. The molecule has 1 rings (SSSR count). The minimum absolute atomic E-state index is 0.390. The van der Waals surface area contributed by atoms with Crippen LogP contribution in [0.4, 0.5) is 0 Å². The third kappa shape index (κ3) is 5.12. The molecule has 104 valence electrons. The number of hydrogen-bond donors (Lipinski definition) is 1. The fourth-order valence-corrected chi connectivity index (χ4v) is 1.96. The topological polar surface area (TPSA) is 55.6 Å². The van der Waals surface area contributed by atoms with Gasteiger partial charge in [0.1, 0.15) is 0 Å². The van der Waals surface area contributed by atoms with Crippen LogP contribution in [-0.2, 0) is 6.54 Å². The van der Waals surface area contributed by atoms with E-state index in [-0.39, 0.29) is 0 Å². The number of nitrogens with zero attached hydrogens (tertiary/aromatic N) is 4. The summed E-state index contributed by atoms with van der Waals surface area (Å²) in [5, 5.41) is 15.3. The second-order valence-corrected chi connectivity index (χ2v) is 5.27. The molecule has 0 amide bonds. The van der Waals surface area contributed by atoms with E-state index in [1.807, 2.05) is 4.68 Å². The van der Waals surface area contributed by atoms with E-state index in [4.69, 9.17) is 0 Å². The molecule has 1 heterocycles. The van der Waals surface area contributed by atoms with Crippen molar-refractivity contribution in [3.63, 3.8) is 0 Å². The van der Waals surface area contributed by atoms with Crippen molar-refractivity contribution in [1.29, 1.82) is 0 Å². The van der Waals surface area contributed by atoms with Crippen LogP contribution in [0, 0.1) is 0 Å². The summed E-state index contributed by atoms with van der Waals surface area (Å²) < 4.78 is 1.96. The molecule has 0 bridgehead atoms. The minimum atomic E-state index is 0.390. The van der Waals surface area contributed by atoms with E-state index in [0.717, 1.165) is 18.8 Å². The van der Waals surface area contributed by atoms with Crippen molar-refractivity contribution in [2.24, 2.45) is 0 Å².